The van der Waals surface area contributed by atoms with Gasteiger partial charge in [-0.15, -0.1) is 0 Å². The van der Waals surface area contributed by atoms with E-state index < -0.39 is 12.2 Å². The molecule has 1 heterocycles. The molecule has 2 atom stereocenters. The topological polar surface area (TPSA) is 58.9 Å². The summed E-state index contributed by atoms with van der Waals surface area (Å²) < 4.78 is 9.50. The van der Waals surface area contributed by atoms with Crippen molar-refractivity contribution in [2.24, 2.45) is 0 Å². The van der Waals surface area contributed by atoms with Crippen LogP contribution in [0.25, 0.3) is 0 Å². The van der Waals surface area contributed by atoms with Gasteiger partial charge in [0.25, 0.3) is 0 Å². The van der Waals surface area contributed by atoms with Crippen molar-refractivity contribution in [3.05, 3.63) is 6.79 Å². The van der Waals surface area contributed by atoms with Crippen molar-refractivity contribution in [1.82, 2.24) is 0 Å². The first-order valence-corrected chi connectivity index (χ1v) is 2.73. The summed E-state index contributed by atoms with van der Waals surface area (Å²) in [5.41, 5.74) is 0. The van der Waals surface area contributed by atoms with Crippen molar-refractivity contribution in [3.8, 4) is 0 Å². The standard InChI is InChI=1S/C5H9O4/c6-1-4-5(2-7)9-3-8-4/h3-7H,1-2H2. The molecule has 0 aromatic carbocycles. The molecule has 9 heavy (non-hydrogen) atoms. The Morgan fingerprint density at radius 3 is 1.89 bits per heavy atom. The second-order valence-corrected chi connectivity index (χ2v) is 1.81. The van der Waals surface area contributed by atoms with Crippen molar-refractivity contribution in [2.75, 3.05) is 13.2 Å². The average Bonchev–Trinajstić information content (AvgIpc) is 2.33. The molecule has 0 aliphatic carbocycles. The quantitative estimate of drug-likeness (QED) is 0.500. The Bertz CT molecular complexity index is 75.0. The summed E-state index contributed by atoms with van der Waals surface area (Å²) in [7, 11) is 0. The van der Waals surface area contributed by atoms with E-state index >= 15 is 0 Å². The van der Waals surface area contributed by atoms with E-state index in [4.69, 9.17) is 19.7 Å². The van der Waals surface area contributed by atoms with Crippen LogP contribution < -0.4 is 0 Å². The van der Waals surface area contributed by atoms with Crippen molar-refractivity contribution in [1.29, 1.82) is 0 Å². The number of rotatable bonds is 2. The molecule has 1 rings (SSSR count). The van der Waals surface area contributed by atoms with Crippen LogP contribution in [-0.4, -0.2) is 35.6 Å². The van der Waals surface area contributed by atoms with Crippen LogP contribution >= 0.6 is 0 Å². The molecule has 0 bridgehead atoms. The van der Waals surface area contributed by atoms with E-state index in [1.807, 2.05) is 0 Å². The van der Waals surface area contributed by atoms with Crippen LogP contribution in [0, 0.1) is 6.79 Å². The van der Waals surface area contributed by atoms with Gasteiger partial charge in [-0.25, -0.2) is 0 Å². The lowest BCUT2D eigenvalue weighted by Crippen LogP contribution is -2.29. The second kappa shape index (κ2) is 3.12. The molecule has 1 aliphatic rings. The van der Waals surface area contributed by atoms with Crippen LogP contribution in [-0.2, 0) is 9.47 Å². The van der Waals surface area contributed by atoms with Gasteiger partial charge in [-0.1, -0.05) is 0 Å². The number of aliphatic hydroxyl groups is 2. The van der Waals surface area contributed by atoms with E-state index in [9.17, 15) is 0 Å². The highest BCUT2D eigenvalue weighted by atomic mass is 16.7. The van der Waals surface area contributed by atoms with Gasteiger partial charge in [-0.05, 0) is 0 Å². The van der Waals surface area contributed by atoms with Gasteiger partial charge in [0.2, 0.25) is 6.79 Å². The normalized spacial score (nSPS) is 35.3. The zero-order valence-electron chi connectivity index (χ0n) is 4.86. The van der Waals surface area contributed by atoms with Gasteiger partial charge in [0.1, 0.15) is 12.2 Å². The summed E-state index contributed by atoms with van der Waals surface area (Å²) in [6, 6.07) is 0. The number of aliphatic hydroxyl groups excluding tert-OH is 2. The summed E-state index contributed by atoms with van der Waals surface area (Å²) in [5.74, 6) is 0. The summed E-state index contributed by atoms with van der Waals surface area (Å²) in [5, 5.41) is 17.1. The number of ether oxygens (including phenoxy) is 2. The lowest BCUT2D eigenvalue weighted by atomic mass is 10.2. The van der Waals surface area contributed by atoms with Gasteiger partial charge in [0.15, 0.2) is 0 Å². The van der Waals surface area contributed by atoms with Gasteiger partial charge in [0.05, 0.1) is 13.2 Å². The maximum Gasteiger partial charge on any atom is 0.210 e. The fourth-order valence-electron chi connectivity index (χ4n) is 0.671. The second-order valence-electron chi connectivity index (χ2n) is 1.81. The van der Waals surface area contributed by atoms with Crippen molar-refractivity contribution in [3.63, 3.8) is 0 Å². The molecular formula is C5H9O4. The Labute approximate surface area is 53.0 Å². The van der Waals surface area contributed by atoms with Gasteiger partial charge < -0.3 is 19.7 Å². The van der Waals surface area contributed by atoms with Crippen LogP contribution in [0.4, 0.5) is 0 Å². The molecule has 0 aromatic heterocycles. The highest BCUT2D eigenvalue weighted by molar-refractivity contribution is 4.74. The van der Waals surface area contributed by atoms with Crippen LogP contribution in [0.15, 0.2) is 0 Å². The molecule has 0 saturated carbocycles. The highest BCUT2D eigenvalue weighted by Crippen LogP contribution is 2.14. The third-order valence-corrected chi connectivity index (χ3v) is 1.24. The predicted molar refractivity (Wildman–Crippen MR) is 28.2 cm³/mol. The Balaban J connectivity index is 2.32. The van der Waals surface area contributed by atoms with Crippen molar-refractivity contribution < 1.29 is 19.7 Å². The maximum absolute atomic E-state index is 8.53. The van der Waals surface area contributed by atoms with E-state index in [1.54, 1.807) is 0 Å². The van der Waals surface area contributed by atoms with Gasteiger partial charge >= 0.3 is 0 Å². The lowest BCUT2D eigenvalue weighted by molar-refractivity contribution is 0.0525. The minimum absolute atomic E-state index is 0.123. The zero-order chi connectivity index (χ0) is 6.69. The smallest absolute Gasteiger partial charge is 0.210 e. The lowest BCUT2D eigenvalue weighted by Gasteiger charge is -2.09. The van der Waals surface area contributed by atoms with E-state index in [0.29, 0.717) is 0 Å². The van der Waals surface area contributed by atoms with Gasteiger partial charge in [-0.3, -0.25) is 0 Å². The fourth-order valence-corrected chi connectivity index (χ4v) is 0.671. The molecule has 4 nitrogen and oxygen atoms in total. The number of hydrogen-bond acceptors (Lipinski definition) is 4. The molecule has 2 unspecified atom stereocenters. The largest absolute Gasteiger partial charge is 0.394 e. The van der Waals surface area contributed by atoms with E-state index in [0.717, 1.165) is 6.79 Å². The first kappa shape index (κ1) is 6.95. The van der Waals surface area contributed by atoms with Gasteiger partial charge in [-0.2, -0.15) is 0 Å². The summed E-state index contributed by atoms with van der Waals surface area (Å²) in [6.45, 7) is 0.894. The summed E-state index contributed by atoms with van der Waals surface area (Å²) >= 11 is 0. The molecule has 2 N–H and O–H groups in total. The summed E-state index contributed by atoms with van der Waals surface area (Å²) in [4.78, 5) is 0. The molecular weight excluding hydrogens is 124 g/mol. The molecule has 1 aliphatic heterocycles. The van der Waals surface area contributed by atoms with Crippen molar-refractivity contribution in [2.45, 2.75) is 12.2 Å². The van der Waals surface area contributed by atoms with E-state index in [-0.39, 0.29) is 13.2 Å². The van der Waals surface area contributed by atoms with Crippen LogP contribution in [0.1, 0.15) is 0 Å². The minimum atomic E-state index is -0.394. The first-order chi connectivity index (χ1) is 4.38. The fraction of sp³-hybridized carbons (Fsp3) is 0.800. The molecule has 1 fully saturated rings. The van der Waals surface area contributed by atoms with Crippen molar-refractivity contribution >= 4 is 0 Å². The Kier molecular flexibility index (Phi) is 2.41. The third-order valence-electron chi connectivity index (χ3n) is 1.24. The Hall–Kier alpha value is -0.160. The van der Waals surface area contributed by atoms with E-state index in [2.05, 4.69) is 0 Å². The zero-order valence-corrected chi connectivity index (χ0v) is 4.86. The van der Waals surface area contributed by atoms with Crippen LogP contribution in [0.5, 0.6) is 0 Å². The third kappa shape index (κ3) is 1.40. The highest BCUT2D eigenvalue weighted by Gasteiger charge is 2.27. The SMILES string of the molecule is OCC1O[CH]OC1CO. The predicted octanol–water partition coefficient (Wildman–Crippen LogP) is -1.13. The summed E-state index contributed by atoms with van der Waals surface area (Å²) in [6.07, 6.45) is -0.787. The maximum atomic E-state index is 8.53. The Morgan fingerprint density at radius 2 is 1.56 bits per heavy atom. The molecule has 0 spiro atoms. The molecule has 0 aromatic rings. The molecule has 53 valence electrons. The molecule has 4 heteroatoms. The van der Waals surface area contributed by atoms with E-state index in [1.165, 1.54) is 0 Å². The minimum Gasteiger partial charge on any atom is -0.394 e. The van der Waals surface area contributed by atoms with Crippen LogP contribution in [0.3, 0.4) is 0 Å². The monoisotopic (exact) mass is 133 g/mol. The van der Waals surface area contributed by atoms with Crippen LogP contribution in [0.2, 0.25) is 0 Å². The molecule has 1 radical (unpaired) electrons. The first-order valence-electron chi connectivity index (χ1n) is 2.73. The molecule has 1 saturated heterocycles. The van der Waals surface area contributed by atoms with Gasteiger partial charge in [0, 0.05) is 0 Å². The average molecular weight is 133 g/mol. The molecule has 0 amide bonds. The Morgan fingerprint density at radius 1 is 1.11 bits per heavy atom. The number of hydrogen-bond donors (Lipinski definition) is 2.